The first-order chi connectivity index (χ1) is 7.83. The summed E-state index contributed by atoms with van der Waals surface area (Å²) in [5, 5.41) is 3.01. The van der Waals surface area contributed by atoms with Crippen LogP contribution in [-0.2, 0) is 0 Å². The molecule has 0 aliphatic rings. The van der Waals surface area contributed by atoms with Gasteiger partial charge in [0.15, 0.2) is 0 Å². The number of imidazole rings is 1. The van der Waals surface area contributed by atoms with E-state index in [1.807, 2.05) is 38.2 Å². The van der Waals surface area contributed by atoms with E-state index in [2.05, 4.69) is 15.3 Å². The number of rotatable bonds is 4. The van der Waals surface area contributed by atoms with E-state index in [4.69, 9.17) is 4.74 Å². The van der Waals surface area contributed by atoms with Gasteiger partial charge >= 0.3 is 0 Å². The first-order valence-corrected chi connectivity index (χ1v) is 5.29. The molecule has 0 saturated heterocycles. The summed E-state index contributed by atoms with van der Waals surface area (Å²) in [6, 6.07) is 7.87. The second-order valence-corrected chi connectivity index (χ2v) is 3.35. The summed E-state index contributed by atoms with van der Waals surface area (Å²) in [4.78, 5) is 7.44. The lowest BCUT2D eigenvalue weighted by Crippen LogP contribution is -1.91. The summed E-state index contributed by atoms with van der Waals surface area (Å²) in [6.07, 6.45) is 1.77. The summed E-state index contributed by atoms with van der Waals surface area (Å²) < 4.78 is 5.38. The number of ether oxygens (including phenoxy) is 1. The van der Waals surface area contributed by atoms with E-state index in [1.54, 1.807) is 6.20 Å². The predicted octanol–water partition coefficient (Wildman–Crippen LogP) is 2.52. The molecule has 0 fully saturated rings. The Morgan fingerprint density at radius 2 is 2.06 bits per heavy atom. The van der Waals surface area contributed by atoms with E-state index >= 15 is 0 Å². The highest BCUT2D eigenvalue weighted by molar-refractivity contribution is 5.58. The van der Waals surface area contributed by atoms with Crippen molar-refractivity contribution in [1.82, 2.24) is 9.97 Å². The quantitative estimate of drug-likeness (QED) is 0.827. The Labute approximate surface area is 94.7 Å². The van der Waals surface area contributed by atoms with Gasteiger partial charge in [-0.2, -0.15) is 0 Å². The van der Waals surface area contributed by atoms with Crippen LogP contribution in [0.25, 0.3) is 11.4 Å². The monoisotopic (exact) mass is 217 g/mol. The third-order valence-corrected chi connectivity index (χ3v) is 2.28. The molecule has 2 aromatic rings. The van der Waals surface area contributed by atoms with Crippen molar-refractivity contribution in [3.63, 3.8) is 0 Å². The maximum atomic E-state index is 5.38. The fourth-order valence-corrected chi connectivity index (χ4v) is 1.47. The molecule has 1 heterocycles. The number of nitrogens with one attached hydrogen (secondary N) is 2. The van der Waals surface area contributed by atoms with Crippen molar-refractivity contribution in [1.29, 1.82) is 0 Å². The number of hydrogen-bond donors (Lipinski definition) is 2. The van der Waals surface area contributed by atoms with Crippen LogP contribution in [0.3, 0.4) is 0 Å². The second-order valence-electron chi connectivity index (χ2n) is 3.35. The van der Waals surface area contributed by atoms with Gasteiger partial charge in [0.2, 0.25) is 0 Å². The van der Waals surface area contributed by atoms with Crippen LogP contribution in [0.5, 0.6) is 5.75 Å². The van der Waals surface area contributed by atoms with E-state index in [-0.39, 0.29) is 0 Å². The molecule has 4 heteroatoms. The molecular formula is C12H15N3O. The zero-order valence-electron chi connectivity index (χ0n) is 9.45. The van der Waals surface area contributed by atoms with Crippen LogP contribution in [-0.4, -0.2) is 23.6 Å². The Kier molecular flexibility index (Phi) is 3.10. The third kappa shape index (κ3) is 2.16. The average molecular weight is 217 g/mol. The summed E-state index contributed by atoms with van der Waals surface area (Å²) in [7, 11) is 1.86. The van der Waals surface area contributed by atoms with Crippen LogP contribution in [0.4, 0.5) is 5.82 Å². The number of hydrogen-bond acceptors (Lipinski definition) is 3. The maximum absolute atomic E-state index is 5.38. The Balaban J connectivity index is 2.20. The van der Waals surface area contributed by atoms with Gasteiger partial charge in [-0.05, 0) is 31.2 Å². The lowest BCUT2D eigenvalue weighted by molar-refractivity contribution is 0.340. The summed E-state index contributed by atoms with van der Waals surface area (Å²) >= 11 is 0. The topological polar surface area (TPSA) is 49.9 Å². The molecule has 0 atom stereocenters. The summed E-state index contributed by atoms with van der Waals surface area (Å²) in [6.45, 7) is 2.66. The molecular weight excluding hydrogens is 202 g/mol. The Morgan fingerprint density at radius 1 is 1.31 bits per heavy atom. The molecule has 0 spiro atoms. The van der Waals surface area contributed by atoms with Gasteiger partial charge in [-0.15, -0.1) is 0 Å². The number of aromatic amines is 1. The number of anilines is 1. The van der Waals surface area contributed by atoms with Crippen LogP contribution >= 0.6 is 0 Å². The molecule has 0 saturated carbocycles. The third-order valence-electron chi connectivity index (χ3n) is 2.28. The van der Waals surface area contributed by atoms with Crippen molar-refractivity contribution >= 4 is 5.82 Å². The average Bonchev–Trinajstić information content (AvgIpc) is 2.79. The molecule has 2 rings (SSSR count). The zero-order chi connectivity index (χ0) is 11.4. The normalized spacial score (nSPS) is 10.1. The number of nitrogens with zero attached hydrogens (tertiary/aromatic N) is 1. The molecule has 0 aliphatic heterocycles. The molecule has 0 aliphatic carbocycles. The molecule has 0 amide bonds. The van der Waals surface area contributed by atoms with Gasteiger partial charge in [-0.25, -0.2) is 4.98 Å². The van der Waals surface area contributed by atoms with Crippen molar-refractivity contribution in [2.45, 2.75) is 6.92 Å². The number of benzene rings is 1. The number of aromatic nitrogens is 2. The van der Waals surface area contributed by atoms with Gasteiger partial charge in [0, 0.05) is 12.6 Å². The van der Waals surface area contributed by atoms with Crippen LogP contribution in [0.2, 0.25) is 0 Å². The molecule has 84 valence electrons. The lowest BCUT2D eigenvalue weighted by atomic mass is 10.2. The Bertz CT molecular complexity index is 448. The van der Waals surface area contributed by atoms with Crippen molar-refractivity contribution in [3.05, 3.63) is 30.5 Å². The molecule has 0 radical (unpaired) electrons. The molecule has 0 unspecified atom stereocenters. The zero-order valence-corrected chi connectivity index (χ0v) is 9.45. The van der Waals surface area contributed by atoms with E-state index in [1.165, 1.54) is 0 Å². The molecule has 2 N–H and O–H groups in total. The maximum Gasteiger partial charge on any atom is 0.138 e. The second kappa shape index (κ2) is 4.70. The number of H-pyrrole nitrogens is 1. The van der Waals surface area contributed by atoms with Gasteiger partial charge in [-0.3, -0.25) is 0 Å². The lowest BCUT2D eigenvalue weighted by Gasteiger charge is -2.03. The van der Waals surface area contributed by atoms with E-state index in [9.17, 15) is 0 Å². The van der Waals surface area contributed by atoms with Crippen LogP contribution in [0.1, 0.15) is 6.92 Å². The first kappa shape index (κ1) is 10.5. The van der Waals surface area contributed by atoms with Crippen LogP contribution in [0.15, 0.2) is 30.5 Å². The van der Waals surface area contributed by atoms with E-state index in [0.29, 0.717) is 6.61 Å². The minimum atomic E-state index is 0.685. The first-order valence-electron chi connectivity index (χ1n) is 5.29. The van der Waals surface area contributed by atoms with Gasteiger partial charge in [0.1, 0.15) is 17.4 Å². The van der Waals surface area contributed by atoms with Gasteiger partial charge < -0.3 is 15.0 Å². The van der Waals surface area contributed by atoms with Gasteiger partial charge in [0.25, 0.3) is 0 Å². The Hall–Kier alpha value is -1.97. The highest BCUT2D eigenvalue weighted by Crippen LogP contribution is 2.20. The van der Waals surface area contributed by atoms with Crippen LogP contribution in [0, 0.1) is 0 Å². The minimum Gasteiger partial charge on any atom is -0.494 e. The highest BCUT2D eigenvalue weighted by Gasteiger charge is 2.02. The predicted molar refractivity (Wildman–Crippen MR) is 64.7 cm³/mol. The SMILES string of the molecule is CCOc1ccc(-c2ncc(NC)[nH]2)cc1. The largest absolute Gasteiger partial charge is 0.494 e. The summed E-state index contributed by atoms with van der Waals surface area (Å²) in [5.41, 5.74) is 1.05. The molecule has 16 heavy (non-hydrogen) atoms. The Morgan fingerprint density at radius 3 is 2.62 bits per heavy atom. The van der Waals surface area contributed by atoms with E-state index in [0.717, 1.165) is 23.0 Å². The van der Waals surface area contributed by atoms with Crippen molar-refractivity contribution in [3.8, 4) is 17.1 Å². The van der Waals surface area contributed by atoms with Crippen LogP contribution < -0.4 is 10.1 Å². The molecule has 0 bridgehead atoms. The van der Waals surface area contributed by atoms with Gasteiger partial charge in [-0.1, -0.05) is 0 Å². The fraction of sp³-hybridized carbons (Fsp3) is 0.250. The van der Waals surface area contributed by atoms with Crippen molar-refractivity contribution < 1.29 is 4.74 Å². The summed E-state index contributed by atoms with van der Waals surface area (Å²) in [5.74, 6) is 2.64. The minimum absolute atomic E-state index is 0.685. The van der Waals surface area contributed by atoms with Gasteiger partial charge in [0.05, 0.1) is 12.8 Å². The van der Waals surface area contributed by atoms with E-state index < -0.39 is 0 Å². The fourth-order valence-electron chi connectivity index (χ4n) is 1.47. The molecule has 1 aromatic heterocycles. The highest BCUT2D eigenvalue weighted by atomic mass is 16.5. The standard InChI is InChI=1S/C12H15N3O/c1-3-16-10-6-4-9(5-7-10)12-14-8-11(13-2)15-12/h4-8,13H,3H2,1-2H3,(H,14,15). The molecule has 4 nitrogen and oxygen atoms in total. The van der Waals surface area contributed by atoms with Crippen molar-refractivity contribution in [2.75, 3.05) is 19.0 Å². The smallest absolute Gasteiger partial charge is 0.138 e. The van der Waals surface area contributed by atoms with Crippen molar-refractivity contribution in [2.24, 2.45) is 0 Å². The molecule has 1 aromatic carbocycles.